The van der Waals surface area contributed by atoms with Crippen molar-refractivity contribution >= 4 is 12.0 Å². The van der Waals surface area contributed by atoms with Crippen LogP contribution >= 0.6 is 0 Å². The van der Waals surface area contributed by atoms with Crippen molar-refractivity contribution in [2.24, 2.45) is 5.92 Å². The first kappa shape index (κ1) is 16.2. The maximum Gasteiger partial charge on any atom is 0.308 e. The van der Waals surface area contributed by atoms with Crippen LogP contribution < -0.4 is 0 Å². The SMILES string of the molecule is COC(=O)[C@@H]1C[C@H](O)[C@@H](N2CCC(=Cc3ccccc3)CC2)C1. The number of nitrogens with zero attached hydrogens (tertiary/aromatic N) is 1. The predicted octanol–water partition coefficient (Wildman–Crippen LogP) is 2.48. The molecule has 1 N–H and O–H groups in total. The van der Waals surface area contributed by atoms with Crippen molar-refractivity contribution < 1.29 is 14.6 Å². The second-order valence-corrected chi connectivity index (χ2v) is 6.58. The molecule has 1 aromatic carbocycles. The molecule has 4 heteroatoms. The number of carbonyl (C=O) groups excluding carboxylic acids is 1. The zero-order valence-corrected chi connectivity index (χ0v) is 13.6. The van der Waals surface area contributed by atoms with E-state index in [0.29, 0.717) is 12.8 Å². The summed E-state index contributed by atoms with van der Waals surface area (Å²) in [7, 11) is 1.42. The molecule has 1 aliphatic heterocycles. The Kier molecular flexibility index (Phi) is 5.13. The summed E-state index contributed by atoms with van der Waals surface area (Å²) < 4.78 is 4.82. The van der Waals surface area contributed by atoms with Crippen molar-refractivity contribution in [2.45, 2.75) is 37.8 Å². The Morgan fingerprint density at radius 3 is 2.57 bits per heavy atom. The average Bonchev–Trinajstić information content (AvgIpc) is 2.98. The number of esters is 1. The molecule has 23 heavy (non-hydrogen) atoms. The molecule has 3 rings (SSSR count). The summed E-state index contributed by atoms with van der Waals surface area (Å²) in [4.78, 5) is 14.0. The molecule has 2 fully saturated rings. The van der Waals surface area contributed by atoms with Gasteiger partial charge in [0.25, 0.3) is 0 Å². The zero-order chi connectivity index (χ0) is 16.2. The Morgan fingerprint density at radius 1 is 1.22 bits per heavy atom. The van der Waals surface area contributed by atoms with Gasteiger partial charge in [0.2, 0.25) is 0 Å². The Bertz CT molecular complexity index is 559. The summed E-state index contributed by atoms with van der Waals surface area (Å²) in [5, 5.41) is 10.3. The van der Waals surface area contributed by atoms with E-state index < -0.39 is 6.10 Å². The largest absolute Gasteiger partial charge is 0.469 e. The van der Waals surface area contributed by atoms with Gasteiger partial charge in [0.05, 0.1) is 19.1 Å². The van der Waals surface area contributed by atoms with Crippen molar-refractivity contribution in [1.82, 2.24) is 4.90 Å². The highest BCUT2D eigenvalue weighted by molar-refractivity contribution is 5.72. The molecule has 1 aliphatic carbocycles. The Labute approximate surface area is 137 Å². The van der Waals surface area contributed by atoms with Crippen molar-refractivity contribution in [3.05, 3.63) is 41.5 Å². The number of likely N-dealkylation sites (tertiary alicyclic amines) is 1. The third-order valence-electron chi connectivity index (χ3n) is 5.11. The van der Waals surface area contributed by atoms with Crippen LogP contribution in [0.4, 0.5) is 0 Å². The van der Waals surface area contributed by atoms with Crippen LogP contribution in [-0.4, -0.2) is 48.3 Å². The molecular formula is C19H25NO3. The number of methoxy groups -OCH3 is 1. The number of hydrogen-bond donors (Lipinski definition) is 1. The molecule has 2 aliphatic rings. The topological polar surface area (TPSA) is 49.8 Å². The fraction of sp³-hybridized carbons (Fsp3) is 0.526. The minimum Gasteiger partial charge on any atom is -0.469 e. The second-order valence-electron chi connectivity index (χ2n) is 6.58. The Balaban J connectivity index is 1.57. The zero-order valence-electron chi connectivity index (χ0n) is 13.6. The second kappa shape index (κ2) is 7.28. The number of rotatable bonds is 3. The Hall–Kier alpha value is -1.65. The maximum atomic E-state index is 11.7. The summed E-state index contributed by atoms with van der Waals surface area (Å²) in [5.41, 5.74) is 2.71. The number of carbonyl (C=O) groups is 1. The molecule has 0 amide bonds. The maximum absolute atomic E-state index is 11.7. The van der Waals surface area contributed by atoms with Crippen LogP contribution in [0, 0.1) is 5.92 Å². The van der Waals surface area contributed by atoms with Gasteiger partial charge >= 0.3 is 5.97 Å². The summed E-state index contributed by atoms with van der Waals surface area (Å²) in [6, 6.07) is 10.5. The van der Waals surface area contributed by atoms with E-state index >= 15 is 0 Å². The van der Waals surface area contributed by atoms with Gasteiger partial charge in [0, 0.05) is 19.1 Å². The fourth-order valence-electron chi connectivity index (χ4n) is 3.82. The van der Waals surface area contributed by atoms with Crippen LogP contribution in [0.3, 0.4) is 0 Å². The highest BCUT2D eigenvalue weighted by Gasteiger charge is 2.40. The van der Waals surface area contributed by atoms with E-state index in [1.165, 1.54) is 18.2 Å². The number of aliphatic hydroxyl groups is 1. The molecule has 0 aromatic heterocycles. The van der Waals surface area contributed by atoms with Crippen LogP contribution in [0.2, 0.25) is 0 Å². The molecule has 124 valence electrons. The lowest BCUT2D eigenvalue weighted by Crippen LogP contribution is -2.43. The van der Waals surface area contributed by atoms with E-state index in [4.69, 9.17) is 4.74 Å². The lowest BCUT2D eigenvalue weighted by Gasteiger charge is -2.35. The van der Waals surface area contributed by atoms with Crippen molar-refractivity contribution in [2.75, 3.05) is 20.2 Å². The van der Waals surface area contributed by atoms with E-state index in [1.807, 2.05) is 6.07 Å². The fourth-order valence-corrected chi connectivity index (χ4v) is 3.82. The van der Waals surface area contributed by atoms with Crippen molar-refractivity contribution in [3.63, 3.8) is 0 Å². The van der Waals surface area contributed by atoms with Gasteiger partial charge in [-0.2, -0.15) is 0 Å². The smallest absolute Gasteiger partial charge is 0.308 e. The number of hydrogen-bond acceptors (Lipinski definition) is 4. The van der Waals surface area contributed by atoms with Crippen molar-refractivity contribution in [3.8, 4) is 0 Å². The van der Waals surface area contributed by atoms with E-state index in [1.54, 1.807) is 0 Å². The third kappa shape index (κ3) is 3.82. The van der Waals surface area contributed by atoms with Crippen molar-refractivity contribution in [1.29, 1.82) is 0 Å². The summed E-state index contributed by atoms with van der Waals surface area (Å²) in [6.07, 6.45) is 5.16. The molecule has 1 heterocycles. The predicted molar refractivity (Wildman–Crippen MR) is 89.8 cm³/mol. The number of benzene rings is 1. The van der Waals surface area contributed by atoms with Gasteiger partial charge in [-0.3, -0.25) is 9.69 Å². The summed E-state index contributed by atoms with van der Waals surface area (Å²) in [6.45, 7) is 1.91. The highest BCUT2D eigenvalue weighted by Crippen LogP contribution is 2.33. The Morgan fingerprint density at radius 2 is 1.91 bits per heavy atom. The summed E-state index contributed by atoms with van der Waals surface area (Å²) in [5.74, 6) is -0.338. The first-order chi connectivity index (χ1) is 11.2. The first-order valence-electron chi connectivity index (χ1n) is 8.42. The van der Waals surface area contributed by atoms with Gasteiger partial charge in [0.1, 0.15) is 0 Å². The summed E-state index contributed by atoms with van der Waals surface area (Å²) >= 11 is 0. The van der Waals surface area contributed by atoms with E-state index in [-0.39, 0.29) is 17.9 Å². The number of piperidine rings is 1. The first-order valence-corrected chi connectivity index (χ1v) is 8.42. The van der Waals surface area contributed by atoms with Gasteiger partial charge < -0.3 is 9.84 Å². The number of ether oxygens (including phenoxy) is 1. The molecule has 0 spiro atoms. The van der Waals surface area contributed by atoms with E-state index in [9.17, 15) is 9.90 Å². The van der Waals surface area contributed by atoms with Crippen LogP contribution in [0.25, 0.3) is 6.08 Å². The quantitative estimate of drug-likeness (QED) is 0.871. The monoisotopic (exact) mass is 315 g/mol. The molecular weight excluding hydrogens is 290 g/mol. The van der Waals surface area contributed by atoms with Gasteiger partial charge in [0.15, 0.2) is 0 Å². The lowest BCUT2D eigenvalue weighted by atomic mass is 9.98. The van der Waals surface area contributed by atoms with Crippen LogP contribution in [-0.2, 0) is 9.53 Å². The van der Waals surface area contributed by atoms with Crippen LogP contribution in [0.5, 0.6) is 0 Å². The molecule has 3 atom stereocenters. The van der Waals surface area contributed by atoms with Gasteiger partial charge in [-0.15, -0.1) is 0 Å². The minimum atomic E-state index is -0.418. The minimum absolute atomic E-state index is 0.0948. The normalized spacial score (nSPS) is 28.6. The van der Waals surface area contributed by atoms with E-state index in [2.05, 4.69) is 35.2 Å². The lowest BCUT2D eigenvalue weighted by molar-refractivity contribution is -0.145. The molecule has 0 unspecified atom stereocenters. The molecule has 1 aromatic rings. The van der Waals surface area contributed by atoms with Gasteiger partial charge in [-0.25, -0.2) is 0 Å². The molecule has 1 saturated heterocycles. The number of aliphatic hydroxyl groups excluding tert-OH is 1. The van der Waals surface area contributed by atoms with Crippen LogP contribution in [0.15, 0.2) is 35.9 Å². The third-order valence-corrected chi connectivity index (χ3v) is 5.11. The molecule has 4 nitrogen and oxygen atoms in total. The van der Waals surface area contributed by atoms with Gasteiger partial charge in [-0.1, -0.05) is 42.0 Å². The molecule has 1 saturated carbocycles. The average molecular weight is 315 g/mol. The molecule has 0 bridgehead atoms. The van der Waals surface area contributed by atoms with Crippen LogP contribution in [0.1, 0.15) is 31.2 Å². The van der Waals surface area contributed by atoms with Gasteiger partial charge in [-0.05, 0) is 31.2 Å². The molecule has 0 radical (unpaired) electrons. The standard InChI is InChI=1S/C19H25NO3/c1-23-19(22)16-12-17(18(21)13-16)20-9-7-15(8-10-20)11-14-5-3-2-4-6-14/h2-6,11,16-18,21H,7-10,12-13H2,1H3/t16-,17-,18-/m0/s1. The highest BCUT2D eigenvalue weighted by atomic mass is 16.5. The van der Waals surface area contributed by atoms with E-state index in [0.717, 1.165) is 25.9 Å².